The molecule has 0 fully saturated rings. The Morgan fingerprint density at radius 3 is 2.71 bits per heavy atom. The van der Waals surface area contributed by atoms with Gasteiger partial charge in [0.25, 0.3) is 5.69 Å². The van der Waals surface area contributed by atoms with Crippen molar-refractivity contribution in [3.05, 3.63) is 75.1 Å². The molecule has 3 aromatic rings. The van der Waals surface area contributed by atoms with E-state index in [2.05, 4.69) is 10.2 Å². The largest absolute Gasteiger partial charge is 0.457 e. The number of aryl methyl sites for hydroxylation is 3. The van der Waals surface area contributed by atoms with Gasteiger partial charge >= 0.3 is 5.97 Å². The van der Waals surface area contributed by atoms with Crippen molar-refractivity contribution in [3.8, 4) is 0 Å². The number of esters is 1. The summed E-state index contributed by atoms with van der Waals surface area (Å²) in [5.41, 5.74) is 2.92. The molecule has 0 saturated carbocycles. The van der Waals surface area contributed by atoms with E-state index in [4.69, 9.17) is 4.74 Å². The van der Waals surface area contributed by atoms with E-state index in [1.807, 2.05) is 32.0 Å². The van der Waals surface area contributed by atoms with Crippen LogP contribution in [-0.4, -0.2) is 25.7 Å². The van der Waals surface area contributed by atoms with Crippen LogP contribution in [0.1, 0.15) is 27.0 Å². The Morgan fingerprint density at radius 1 is 1.25 bits per heavy atom. The highest BCUT2D eigenvalue weighted by Crippen LogP contribution is 2.34. The summed E-state index contributed by atoms with van der Waals surface area (Å²) in [5.74, 6) is -0.612. The first-order chi connectivity index (χ1) is 13.3. The van der Waals surface area contributed by atoms with Crippen LogP contribution in [0.15, 0.2) is 52.8 Å². The maximum atomic E-state index is 12.4. The molecular formula is C19H18N4O4S. The lowest BCUT2D eigenvalue weighted by Crippen LogP contribution is -2.07. The molecule has 0 atom stereocenters. The van der Waals surface area contributed by atoms with Gasteiger partial charge < -0.3 is 9.30 Å². The second-order valence-electron chi connectivity index (χ2n) is 6.27. The SMILES string of the molecule is Cc1ccc(C)c(COC(=O)c2ccc(Sc3nncn3C)c([N+](=O)[O-])c2)c1. The molecular weight excluding hydrogens is 380 g/mol. The third-order valence-electron chi connectivity index (χ3n) is 4.13. The van der Waals surface area contributed by atoms with Crippen molar-refractivity contribution in [2.24, 2.45) is 7.05 Å². The molecule has 0 saturated heterocycles. The molecule has 0 radical (unpaired) electrons. The molecule has 0 aliphatic heterocycles. The van der Waals surface area contributed by atoms with E-state index in [0.717, 1.165) is 28.5 Å². The summed E-state index contributed by atoms with van der Waals surface area (Å²) >= 11 is 1.11. The number of nitro groups is 1. The van der Waals surface area contributed by atoms with E-state index < -0.39 is 10.9 Å². The molecule has 2 aromatic carbocycles. The predicted molar refractivity (Wildman–Crippen MR) is 103 cm³/mol. The highest BCUT2D eigenvalue weighted by atomic mass is 32.2. The van der Waals surface area contributed by atoms with Crippen LogP contribution in [0.5, 0.6) is 0 Å². The van der Waals surface area contributed by atoms with Crippen LogP contribution >= 0.6 is 11.8 Å². The minimum absolute atomic E-state index is 0.107. The van der Waals surface area contributed by atoms with Crippen LogP contribution in [0.3, 0.4) is 0 Å². The number of nitro benzene ring substituents is 1. The summed E-state index contributed by atoms with van der Waals surface area (Å²) in [4.78, 5) is 23.7. The summed E-state index contributed by atoms with van der Waals surface area (Å²) in [6, 6.07) is 10.2. The summed E-state index contributed by atoms with van der Waals surface area (Å²) in [5, 5.41) is 19.6. The van der Waals surface area contributed by atoms with Gasteiger partial charge in [-0.1, -0.05) is 23.8 Å². The van der Waals surface area contributed by atoms with Gasteiger partial charge in [0.15, 0.2) is 5.16 Å². The molecule has 0 aliphatic carbocycles. The van der Waals surface area contributed by atoms with Crippen molar-refractivity contribution in [3.63, 3.8) is 0 Å². The lowest BCUT2D eigenvalue weighted by Gasteiger charge is -2.09. The molecule has 3 rings (SSSR count). The highest BCUT2D eigenvalue weighted by Gasteiger charge is 2.20. The van der Waals surface area contributed by atoms with Crippen LogP contribution < -0.4 is 0 Å². The van der Waals surface area contributed by atoms with E-state index in [-0.39, 0.29) is 17.9 Å². The number of hydrogen-bond acceptors (Lipinski definition) is 7. The predicted octanol–water partition coefficient (Wildman–Crippen LogP) is 3.85. The van der Waals surface area contributed by atoms with Crippen LogP contribution in [0, 0.1) is 24.0 Å². The normalized spacial score (nSPS) is 10.7. The summed E-state index contributed by atoms with van der Waals surface area (Å²) < 4.78 is 7.01. The van der Waals surface area contributed by atoms with Gasteiger partial charge in [-0.25, -0.2) is 4.79 Å². The Balaban J connectivity index is 1.79. The smallest absolute Gasteiger partial charge is 0.338 e. The van der Waals surface area contributed by atoms with Crippen LogP contribution in [0.25, 0.3) is 0 Å². The van der Waals surface area contributed by atoms with Crippen LogP contribution in [-0.2, 0) is 18.4 Å². The fraction of sp³-hybridized carbons (Fsp3) is 0.211. The maximum Gasteiger partial charge on any atom is 0.338 e. The highest BCUT2D eigenvalue weighted by molar-refractivity contribution is 7.99. The number of carbonyl (C=O) groups is 1. The Kier molecular flexibility index (Phi) is 5.74. The zero-order chi connectivity index (χ0) is 20.3. The van der Waals surface area contributed by atoms with Crippen LogP contribution in [0.4, 0.5) is 5.69 Å². The monoisotopic (exact) mass is 398 g/mol. The van der Waals surface area contributed by atoms with Crippen molar-refractivity contribution in [2.75, 3.05) is 0 Å². The Bertz CT molecular complexity index is 1050. The third kappa shape index (κ3) is 4.37. The zero-order valence-electron chi connectivity index (χ0n) is 15.6. The number of ether oxygens (including phenoxy) is 1. The van der Waals surface area contributed by atoms with Gasteiger partial charge in [-0.05, 0) is 48.9 Å². The van der Waals surface area contributed by atoms with Gasteiger partial charge in [-0.15, -0.1) is 10.2 Å². The number of aromatic nitrogens is 3. The van der Waals surface area contributed by atoms with Crippen molar-refractivity contribution in [1.82, 2.24) is 14.8 Å². The van der Waals surface area contributed by atoms with Gasteiger partial charge in [-0.2, -0.15) is 0 Å². The second kappa shape index (κ2) is 8.22. The Morgan fingerprint density at radius 2 is 2.04 bits per heavy atom. The molecule has 1 heterocycles. The third-order valence-corrected chi connectivity index (χ3v) is 5.24. The first-order valence-electron chi connectivity index (χ1n) is 8.38. The molecule has 8 nitrogen and oxygen atoms in total. The molecule has 0 unspecified atom stereocenters. The van der Waals surface area contributed by atoms with Crippen molar-refractivity contribution in [2.45, 2.75) is 30.5 Å². The molecule has 0 bridgehead atoms. The molecule has 1 aromatic heterocycles. The van der Waals surface area contributed by atoms with E-state index >= 15 is 0 Å². The molecule has 0 aliphatic rings. The fourth-order valence-electron chi connectivity index (χ4n) is 2.52. The maximum absolute atomic E-state index is 12.4. The summed E-state index contributed by atoms with van der Waals surface area (Å²) in [7, 11) is 1.74. The number of hydrogen-bond donors (Lipinski definition) is 0. The number of carbonyl (C=O) groups excluding carboxylic acids is 1. The van der Waals surface area contributed by atoms with Crippen molar-refractivity contribution >= 4 is 23.4 Å². The van der Waals surface area contributed by atoms with Crippen LogP contribution in [0.2, 0.25) is 0 Å². The average molecular weight is 398 g/mol. The molecule has 144 valence electrons. The van der Waals surface area contributed by atoms with Gasteiger partial charge in [0.2, 0.25) is 0 Å². The Labute approximate surface area is 165 Å². The Hall–Kier alpha value is -3.20. The molecule has 0 spiro atoms. The van der Waals surface area contributed by atoms with E-state index in [1.54, 1.807) is 11.6 Å². The quantitative estimate of drug-likeness (QED) is 0.353. The standard InChI is InChI=1S/C19H18N4O4S/c1-12-4-5-13(2)15(8-12)10-27-18(24)14-6-7-17(16(9-14)23(25)26)28-19-21-20-11-22(19)3/h4-9,11H,10H2,1-3H3. The zero-order valence-corrected chi connectivity index (χ0v) is 16.4. The van der Waals surface area contributed by atoms with E-state index in [0.29, 0.717) is 10.1 Å². The molecule has 9 heteroatoms. The van der Waals surface area contributed by atoms with Gasteiger partial charge in [-0.3, -0.25) is 10.1 Å². The van der Waals surface area contributed by atoms with Gasteiger partial charge in [0.05, 0.1) is 15.4 Å². The first kappa shape index (κ1) is 19.6. The van der Waals surface area contributed by atoms with Gasteiger partial charge in [0, 0.05) is 13.1 Å². The number of benzene rings is 2. The minimum Gasteiger partial charge on any atom is -0.457 e. The van der Waals surface area contributed by atoms with E-state index in [1.165, 1.54) is 24.5 Å². The summed E-state index contributed by atoms with van der Waals surface area (Å²) in [6.45, 7) is 4.00. The average Bonchev–Trinajstić information content (AvgIpc) is 3.07. The second-order valence-corrected chi connectivity index (χ2v) is 7.28. The fourth-order valence-corrected chi connectivity index (χ4v) is 3.37. The lowest BCUT2D eigenvalue weighted by molar-refractivity contribution is -0.387. The molecule has 28 heavy (non-hydrogen) atoms. The van der Waals surface area contributed by atoms with Crippen molar-refractivity contribution < 1.29 is 14.5 Å². The topological polar surface area (TPSA) is 100 Å². The van der Waals surface area contributed by atoms with E-state index in [9.17, 15) is 14.9 Å². The number of nitrogens with zero attached hydrogens (tertiary/aromatic N) is 4. The molecule has 0 N–H and O–H groups in total. The lowest BCUT2D eigenvalue weighted by atomic mass is 10.1. The first-order valence-corrected chi connectivity index (χ1v) is 9.20. The van der Waals surface area contributed by atoms with Crippen molar-refractivity contribution in [1.29, 1.82) is 0 Å². The minimum atomic E-state index is -0.612. The number of rotatable bonds is 6. The van der Waals surface area contributed by atoms with Gasteiger partial charge in [0.1, 0.15) is 12.9 Å². The summed E-state index contributed by atoms with van der Waals surface area (Å²) in [6.07, 6.45) is 1.51. The molecule has 0 amide bonds.